The zero-order valence-corrected chi connectivity index (χ0v) is 17.8. The molecule has 0 heterocycles. The fraction of sp³-hybridized carbons (Fsp3) is 0.208. The van der Waals surface area contributed by atoms with Gasteiger partial charge in [-0.2, -0.15) is 0 Å². The first-order valence-corrected chi connectivity index (χ1v) is 10.2. The maximum absolute atomic E-state index is 13.1. The number of esters is 1. The van der Waals surface area contributed by atoms with E-state index in [1.54, 1.807) is 31.2 Å². The lowest BCUT2D eigenvalue weighted by Gasteiger charge is -2.25. The van der Waals surface area contributed by atoms with Gasteiger partial charge in [0.25, 0.3) is 11.6 Å². The van der Waals surface area contributed by atoms with E-state index in [1.807, 2.05) is 18.2 Å². The number of hydrogen-bond acceptors (Lipinski definition) is 6. The van der Waals surface area contributed by atoms with Crippen molar-refractivity contribution in [1.82, 2.24) is 5.32 Å². The van der Waals surface area contributed by atoms with Crippen molar-refractivity contribution in [3.05, 3.63) is 88.0 Å². The molecule has 0 spiro atoms. The van der Waals surface area contributed by atoms with E-state index in [4.69, 9.17) is 4.74 Å². The van der Waals surface area contributed by atoms with Crippen molar-refractivity contribution >= 4 is 34.3 Å². The molecule has 1 amide bonds. The molecule has 0 aliphatic carbocycles. The van der Waals surface area contributed by atoms with E-state index in [2.05, 4.69) is 5.32 Å². The van der Waals surface area contributed by atoms with Gasteiger partial charge in [0, 0.05) is 23.6 Å². The normalized spacial score (nSPS) is 12.5. The van der Waals surface area contributed by atoms with Crippen molar-refractivity contribution in [2.24, 2.45) is 0 Å². The largest absolute Gasteiger partial charge is 0.480 e. The summed E-state index contributed by atoms with van der Waals surface area (Å²) in [4.78, 5) is 47.9. The third kappa shape index (κ3) is 5.51. The van der Waals surface area contributed by atoms with Crippen LogP contribution in [0.15, 0.2) is 66.7 Å². The van der Waals surface area contributed by atoms with E-state index in [0.29, 0.717) is 10.9 Å². The number of hydrogen-bond donors (Lipinski definition) is 2. The minimum atomic E-state index is -1.48. The molecule has 9 nitrogen and oxygen atoms in total. The van der Waals surface area contributed by atoms with Crippen LogP contribution in [0.1, 0.15) is 35.2 Å². The van der Waals surface area contributed by atoms with Gasteiger partial charge in [-0.3, -0.25) is 19.7 Å². The van der Waals surface area contributed by atoms with Gasteiger partial charge in [0.15, 0.2) is 0 Å². The topological polar surface area (TPSA) is 136 Å². The number of carbonyl (C=O) groups excluding carboxylic acids is 2. The van der Waals surface area contributed by atoms with Crippen LogP contribution < -0.4 is 5.32 Å². The van der Waals surface area contributed by atoms with Crippen LogP contribution in [0, 0.1) is 10.1 Å². The molecule has 33 heavy (non-hydrogen) atoms. The number of carboxylic acid groups (broad SMARTS) is 1. The highest BCUT2D eigenvalue weighted by atomic mass is 16.6. The van der Waals surface area contributed by atoms with Crippen molar-refractivity contribution in [2.75, 3.05) is 6.61 Å². The van der Waals surface area contributed by atoms with Crippen LogP contribution in [0.5, 0.6) is 0 Å². The van der Waals surface area contributed by atoms with E-state index < -0.39 is 34.7 Å². The standard InChI is InChI=1S/C24H22N2O7/c1-2-33-21(27)14-20(16-10-12-17(13-11-16)26(31)32)22(24(29)30)25-23(28)19-9-5-7-15-6-3-4-8-18(15)19/h3-13,20,22H,2,14H2,1H3,(H,25,28)(H,29,30)/t20-,22+/m0/s1. The third-order valence-corrected chi connectivity index (χ3v) is 5.21. The Balaban J connectivity index is 1.97. The summed E-state index contributed by atoms with van der Waals surface area (Å²) >= 11 is 0. The Hall–Kier alpha value is -4.27. The van der Waals surface area contributed by atoms with E-state index in [9.17, 15) is 29.6 Å². The molecule has 2 atom stereocenters. The number of nitro benzene ring substituents is 1. The van der Waals surface area contributed by atoms with Crippen LogP contribution in [0.3, 0.4) is 0 Å². The second kappa shape index (κ2) is 10.4. The molecule has 0 aromatic heterocycles. The average molecular weight is 450 g/mol. The number of rotatable bonds is 9. The molecule has 0 bridgehead atoms. The molecule has 0 aliphatic heterocycles. The predicted octanol–water partition coefficient (Wildman–Crippen LogP) is 3.67. The number of carbonyl (C=O) groups is 3. The molecule has 2 N–H and O–H groups in total. The quantitative estimate of drug-likeness (QED) is 0.288. The minimum Gasteiger partial charge on any atom is -0.480 e. The number of ether oxygens (including phenoxy) is 1. The Bertz CT molecular complexity index is 1190. The van der Waals surface area contributed by atoms with Gasteiger partial charge in [-0.25, -0.2) is 4.79 Å². The molecule has 0 aliphatic rings. The first-order chi connectivity index (χ1) is 15.8. The first kappa shape index (κ1) is 23.4. The van der Waals surface area contributed by atoms with Gasteiger partial charge in [-0.1, -0.05) is 48.5 Å². The molecule has 0 saturated carbocycles. The van der Waals surface area contributed by atoms with E-state index in [-0.39, 0.29) is 24.3 Å². The van der Waals surface area contributed by atoms with Crippen LogP contribution in [0.25, 0.3) is 10.8 Å². The average Bonchev–Trinajstić information content (AvgIpc) is 2.80. The van der Waals surface area contributed by atoms with Gasteiger partial charge in [0.05, 0.1) is 18.0 Å². The number of fused-ring (bicyclic) bond motifs is 1. The smallest absolute Gasteiger partial charge is 0.326 e. The number of nitrogens with zero attached hydrogens (tertiary/aromatic N) is 1. The Morgan fingerprint density at radius 2 is 1.70 bits per heavy atom. The van der Waals surface area contributed by atoms with Crippen LogP contribution >= 0.6 is 0 Å². The summed E-state index contributed by atoms with van der Waals surface area (Å²) in [6.07, 6.45) is -0.335. The van der Waals surface area contributed by atoms with Gasteiger partial charge in [-0.15, -0.1) is 0 Å². The molecular formula is C24H22N2O7. The lowest BCUT2D eigenvalue weighted by Crippen LogP contribution is -2.45. The van der Waals surface area contributed by atoms with E-state index in [1.165, 1.54) is 24.3 Å². The lowest BCUT2D eigenvalue weighted by atomic mass is 9.88. The maximum Gasteiger partial charge on any atom is 0.326 e. The number of carboxylic acids is 1. The van der Waals surface area contributed by atoms with Crippen molar-refractivity contribution in [3.63, 3.8) is 0 Å². The highest BCUT2D eigenvalue weighted by Crippen LogP contribution is 2.28. The predicted molar refractivity (Wildman–Crippen MR) is 120 cm³/mol. The third-order valence-electron chi connectivity index (χ3n) is 5.21. The SMILES string of the molecule is CCOC(=O)C[C@@H](c1ccc([N+](=O)[O-])cc1)[C@@H](NC(=O)c1cccc2ccccc12)C(=O)O. The fourth-order valence-corrected chi connectivity index (χ4v) is 3.65. The second-order valence-electron chi connectivity index (χ2n) is 7.28. The molecule has 0 unspecified atom stereocenters. The Labute approximate surface area is 189 Å². The van der Waals surface area contributed by atoms with Crippen LogP contribution in [-0.4, -0.2) is 40.5 Å². The van der Waals surface area contributed by atoms with Crippen LogP contribution in [0.2, 0.25) is 0 Å². The zero-order valence-electron chi connectivity index (χ0n) is 17.8. The van der Waals surface area contributed by atoms with E-state index >= 15 is 0 Å². The maximum atomic E-state index is 13.1. The van der Waals surface area contributed by atoms with Gasteiger partial charge >= 0.3 is 11.9 Å². The van der Waals surface area contributed by atoms with Crippen molar-refractivity contribution in [3.8, 4) is 0 Å². The molecule has 3 rings (SSSR count). The molecule has 170 valence electrons. The molecule has 0 saturated heterocycles. The Morgan fingerprint density at radius 1 is 1.03 bits per heavy atom. The number of aliphatic carboxylic acids is 1. The molecule has 9 heteroatoms. The van der Waals surface area contributed by atoms with E-state index in [0.717, 1.165) is 5.39 Å². The summed E-state index contributed by atoms with van der Waals surface area (Å²) in [7, 11) is 0. The summed E-state index contributed by atoms with van der Waals surface area (Å²) in [5.74, 6) is -3.63. The van der Waals surface area contributed by atoms with Gasteiger partial charge in [0.1, 0.15) is 6.04 Å². The van der Waals surface area contributed by atoms with Gasteiger partial charge in [-0.05, 0) is 29.3 Å². The summed E-state index contributed by atoms with van der Waals surface area (Å²) in [6.45, 7) is 1.72. The number of nitrogens with one attached hydrogen (secondary N) is 1. The molecule has 0 fully saturated rings. The summed E-state index contributed by atoms with van der Waals surface area (Å²) in [6, 6.07) is 16.0. The number of amides is 1. The molecular weight excluding hydrogens is 428 g/mol. The van der Waals surface area contributed by atoms with Gasteiger partial charge in [0.2, 0.25) is 0 Å². The van der Waals surface area contributed by atoms with Gasteiger partial charge < -0.3 is 15.2 Å². The van der Waals surface area contributed by atoms with Crippen LogP contribution in [0.4, 0.5) is 5.69 Å². The summed E-state index contributed by atoms with van der Waals surface area (Å²) in [5, 5.41) is 24.9. The van der Waals surface area contributed by atoms with Crippen molar-refractivity contribution in [2.45, 2.75) is 25.3 Å². The Kier molecular flexibility index (Phi) is 7.34. The first-order valence-electron chi connectivity index (χ1n) is 10.2. The van der Waals surface area contributed by atoms with Crippen LogP contribution in [-0.2, 0) is 14.3 Å². The summed E-state index contributed by atoms with van der Waals surface area (Å²) < 4.78 is 4.98. The molecule has 3 aromatic rings. The summed E-state index contributed by atoms with van der Waals surface area (Å²) in [5.41, 5.74) is 0.456. The van der Waals surface area contributed by atoms with Crippen molar-refractivity contribution in [1.29, 1.82) is 0 Å². The number of benzene rings is 3. The molecule has 3 aromatic carbocycles. The zero-order chi connectivity index (χ0) is 24.0. The lowest BCUT2D eigenvalue weighted by molar-refractivity contribution is -0.384. The fourth-order valence-electron chi connectivity index (χ4n) is 3.65. The number of nitro groups is 1. The highest BCUT2D eigenvalue weighted by molar-refractivity contribution is 6.08. The Morgan fingerprint density at radius 3 is 2.33 bits per heavy atom. The number of non-ortho nitro benzene ring substituents is 1. The molecule has 0 radical (unpaired) electrons. The second-order valence-corrected chi connectivity index (χ2v) is 7.28. The monoisotopic (exact) mass is 450 g/mol. The van der Waals surface area contributed by atoms with Crippen molar-refractivity contribution < 1.29 is 29.2 Å². The minimum absolute atomic E-state index is 0.103. The highest BCUT2D eigenvalue weighted by Gasteiger charge is 2.34.